The van der Waals surface area contributed by atoms with Gasteiger partial charge in [-0.1, -0.05) is 36.4 Å². The highest BCUT2D eigenvalue weighted by atomic mass is 19.1. The van der Waals surface area contributed by atoms with Crippen LogP contribution in [-0.4, -0.2) is 42.8 Å². The van der Waals surface area contributed by atoms with Crippen LogP contribution >= 0.6 is 0 Å². The van der Waals surface area contributed by atoms with Crippen molar-refractivity contribution in [3.8, 4) is 11.5 Å². The largest absolute Gasteiger partial charge is 0.482 e. The number of carbonyl (C=O) groups excluding carboxylic acids is 1. The van der Waals surface area contributed by atoms with E-state index in [1.165, 1.54) is 5.56 Å². The van der Waals surface area contributed by atoms with Crippen molar-refractivity contribution in [2.24, 2.45) is 5.92 Å². The second-order valence-corrected chi connectivity index (χ2v) is 8.62. The van der Waals surface area contributed by atoms with Gasteiger partial charge in [-0.3, -0.25) is 0 Å². The number of hydrogen-bond donors (Lipinski definition) is 0. The van der Waals surface area contributed by atoms with Crippen LogP contribution in [0.25, 0.3) is 0 Å². The van der Waals surface area contributed by atoms with E-state index in [1.807, 2.05) is 12.1 Å². The molecule has 4 nitrogen and oxygen atoms in total. The van der Waals surface area contributed by atoms with Gasteiger partial charge in [0.15, 0.2) is 17.7 Å². The zero-order valence-electron chi connectivity index (χ0n) is 16.2. The van der Waals surface area contributed by atoms with Crippen molar-refractivity contribution < 1.29 is 18.7 Å². The van der Waals surface area contributed by atoms with Crippen molar-refractivity contribution in [3.63, 3.8) is 0 Å². The fourth-order valence-corrected chi connectivity index (χ4v) is 6.01. The van der Waals surface area contributed by atoms with Gasteiger partial charge in [-0.25, -0.2) is 9.18 Å². The summed E-state index contributed by atoms with van der Waals surface area (Å²) in [4.78, 5) is 15.0. The Balaban J connectivity index is 1.48. The van der Waals surface area contributed by atoms with Gasteiger partial charge < -0.3 is 14.4 Å². The maximum atomic E-state index is 15.0. The van der Waals surface area contributed by atoms with Crippen LogP contribution in [-0.2, 0) is 11.8 Å². The van der Waals surface area contributed by atoms with Crippen LogP contribution in [0.4, 0.5) is 4.39 Å². The van der Waals surface area contributed by atoms with E-state index in [0.717, 1.165) is 24.9 Å². The van der Waals surface area contributed by atoms with Crippen LogP contribution in [0.5, 0.6) is 11.5 Å². The zero-order chi connectivity index (χ0) is 19.8. The molecule has 1 fully saturated rings. The smallest absolute Gasteiger partial charge is 0.343 e. The lowest BCUT2D eigenvalue weighted by Gasteiger charge is -2.56. The molecule has 2 bridgehead atoms. The van der Waals surface area contributed by atoms with Crippen molar-refractivity contribution in [1.29, 1.82) is 0 Å². The molecule has 0 N–H and O–H groups in total. The van der Waals surface area contributed by atoms with E-state index in [9.17, 15) is 4.79 Å². The Labute approximate surface area is 168 Å². The van der Waals surface area contributed by atoms with Crippen molar-refractivity contribution in [1.82, 2.24) is 4.90 Å². The number of rotatable bonds is 2. The molecule has 2 aliphatic heterocycles. The van der Waals surface area contributed by atoms with Gasteiger partial charge in [-0.2, -0.15) is 0 Å². The van der Waals surface area contributed by atoms with Gasteiger partial charge in [0, 0.05) is 22.9 Å². The summed E-state index contributed by atoms with van der Waals surface area (Å²) in [6, 6.07) is 13.1. The van der Waals surface area contributed by atoms with Gasteiger partial charge in [0.2, 0.25) is 0 Å². The number of carbonyl (C=O) groups is 1. The Bertz CT molecular complexity index is 1040. The van der Waals surface area contributed by atoms with Crippen molar-refractivity contribution >= 4 is 5.97 Å². The third-order valence-electron chi connectivity index (χ3n) is 7.31. The van der Waals surface area contributed by atoms with E-state index < -0.39 is 18.2 Å². The second kappa shape index (κ2) is 5.92. The van der Waals surface area contributed by atoms with E-state index >= 15 is 4.39 Å². The molecule has 5 atom stereocenters. The fraction of sp³-hybridized carbons (Fsp3) is 0.375. The Hall–Kier alpha value is -2.66. The van der Waals surface area contributed by atoms with Gasteiger partial charge >= 0.3 is 5.97 Å². The minimum Gasteiger partial charge on any atom is -0.482 e. The molecule has 1 saturated heterocycles. The van der Waals surface area contributed by atoms with Crippen LogP contribution in [0.1, 0.15) is 27.9 Å². The summed E-state index contributed by atoms with van der Waals surface area (Å²) in [5, 5.41) is 0. The molecule has 2 heterocycles. The summed E-state index contributed by atoms with van der Waals surface area (Å²) in [6.45, 7) is 0.911. The molecule has 6 rings (SSSR count). The van der Waals surface area contributed by atoms with E-state index in [1.54, 1.807) is 36.4 Å². The number of halogens is 1. The average molecular weight is 391 g/mol. The number of likely N-dealkylation sites (N-methyl/N-ethyl adjacent to an activating group) is 1. The maximum Gasteiger partial charge on any atom is 0.343 e. The lowest BCUT2D eigenvalue weighted by atomic mass is 9.53. The quantitative estimate of drug-likeness (QED) is 0.445. The molecule has 2 aromatic rings. The monoisotopic (exact) mass is 391 g/mol. The lowest BCUT2D eigenvalue weighted by Crippen LogP contribution is -2.64. The molecule has 5 heteroatoms. The lowest BCUT2D eigenvalue weighted by molar-refractivity contribution is -0.0245. The Morgan fingerprint density at radius 3 is 2.86 bits per heavy atom. The highest BCUT2D eigenvalue weighted by Gasteiger charge is 2.64. The molecule has 29 heavy (non-hydrogen) atoms. The molecular weight excluding hydrogens is 369 g/mol. The Kier molecular flexibility index (Phi) is 3.52. The van der Waals surface area contributed by atoms with Crippen molar-refractivity contribution in [2.75, 3.05) is 13.6 Å². The van der Waals surface area contributed by atoms with Gasteiger partial charge in [-0.05, 0) is 50.2 Å². The maximum absolute atomic E-state index is 15.0. The van der Waals surface area contributed by atoms with Crippen LogP contribution in [0, 0.1) is 5.92 Å². The predicted molar refractivity (Wildman–Crippen MR) is 106 cm³/mol. The van der Waals surface area contributed by atoms with Crippen molar-refractivity contribution in [2.45, 2.75) is 36.6 Å². The topological polar surface area (TPSA) is 38.8 Å². The number of nitrogens with zero attached hydrogens (tertiary/aromatic N) is 1. The highest BCUT2D eigenvalue weighted by molar-refractivity contribution is 5.91. The number of alkyl halides is 1. The Morgan fingerprint density at radius 2 is 2.03 bits per heavy atom. The van der Waals surface area contributed by atoms with E-state index in [4.69, 9.17) is 9.47 Å². The molecule has 4 aliphatic rings. The van der Waals surface area contributed by atoms with Gasteiger partial charge in [0.25, 0.3) is 0 Å². The molecule has 0 aromatic heterocycles. The van der Waals surface area contributed by atoms with Crippen molar-refractivity contribution in [3.05, 3.63) is 71.3 Å². The minimum atomic E-state index is -1.16. The number of piperidine rings is 1. The normalized spacial score (nSPS) is 33.7. The van der Waals surface area contributed by atoms with Gasteiger partial charge in [0.1, 0.15) is 6.10 Å². The van der Waals surface area contributed by atoms with E-state index in [2.05, 4.69) is 18.0 Å². The van der Waals surface area contributed by atoms with Gasteiger partial charge in [-0.15, -0.1) is 0 Å². The summed E-state index contributed by atoms with van der Waals surface area (Å²) in [7, 11) is 2.15. The molecule has 2 aromatic carbocycles. The third-order valence-corrected chi connectivity index (χ3v) is 7.31. The number of benzene rings is 2. The standard InChI is InChI=1S/C24H22FNO3/c1-26-12-11-24-16-8-9-17(25)22(24)29-21-19(10-7-15(20(21)24)13-18(16)26)28-23(27)14-5-3-2-4-6-14/h2-10,16-18,22H,11-13H2,1H3/t16-,17+,18?,22-,24-/m0/s1. The second-order valence-electron chi connectivity index (χ2n) is 8.62. The van der Waals surface area contributed by atoms with Gasteiger partial charge in [0.05, 0.1) is 5.56 Å². The number of hydrogen-bond acceptors (Lipinski definition) is 4. The molecule has 1 unspecified atom stereocenters. The zero-order valence-corrected chi connectivity index (χ0v) is 16.2. The van der Waals surface area contributed by atoms with Crippen LogP contribution in [0.15, 0.2) is 54.6 Å². The molecule has 2 aliphatic carbocycles. The first-order chi connectivity index (χ1) is 14.1. The molecule has 0 saturated carbocycles. The summed E-state index contributed by atoms with van der Waals surface area (Å²) in [5.41, 5.74) is 2.37. The van der Waals surface area contributed by atoms with E-state index in [-0.39, 0.29) is 11.3 Å². The molecular formula is C24H22FNO3. The number of ether oxygens (including phenoxy) is 2. The van der Waals surface area contributed by atoms with Crippen LogP contribution in [0.2, 0.25) is 0 Å². The predicted octanol–water partition coefficient (Wildman–Crippen LogP) is 3.69. The SMILES string of the molecule is CN1CC[C@]23c4c5ccc(OC(=O)c6ccccc6)c4O[C@H]2[C@H](F)C=C[C@H]3C1C5. The average Bonchev–Trinajstić information content (AvgIpc) is 3.10. The number of esters is 1. The summed E-state index contributed by atoms with van der Waals surface area (Å²) in [6.07, 6.45) is 3.74. The number of likely N-dealkylation sites (tertiary alicyclic amines) is 1. The molecule has 0 radical (unpaired) electrons. The summed E-state index contributed by atoms with van der Waals surface area (Å²) < 4.78 is 27.0. The minimum absolute atomic E-state index is 0.215. The molecule has 148 valence electrons. The molecule has 0 amide bonds. The summed E-state index contributed by atoms with van der Waals surface area (Å²) >= 11 is 0. The fourth-order valence-electron chi connectivity index (χ4n) is 6.01. The third kappa shape index (κ3) is 2.19. The Morgan fingerprint density at radius 1 is 1.21 bits per heavy atom. The summed E-state index contributed by atoms with van der Waals surface area (Å²) in [5.74, 6) is 0.745. The van der Waals surface area contributed by atoms with Crippen LogP contribution in [0.3, 0.4) is 0 Å². The first kappa shape index (κ1) is 17.2. The van der Waals surface area contributed by atoms with Crippen LogP contribution < -0.4 is 9.47 Å². The molecule has 1 spiro atoms. The van der Waals surface area contributed by atoms with E-state index in [0.29, 0.717) is 23.1 Å². The first-order valence-electron chi connectivity index (χ1n) is 10.2. The highest BCUT2D eigenvalue weighted by Crippen LogP contribution is 2.62. The first-order valence-corrected chi connectivity index (χ1v) is 10.2.